The van der Waals surface area contributed by atoms with Crippen molar-refractivity contribution in [3.05, 3.63) is 53.6 Å². The van der Waals surface area contributed by atoms with Crippen LogP contribution >= 0.6 is 0 Å². The van der Waals surface area contributed by atoms with E-state index in [0.29, 0.717) is 19.8 Å². The average molecular weight is 315 g/mol. The highest BCUT2D eigenvalue weighted by molar-refractivity contribution is 5.43. The SMILES string of the molecule is CCOc1cc(CCCN)ccc1OCc1cccc(OC)c1. The molecule has 0 amide bonds. The van der Waals surface area contributed by atoms with Crippen LogP contribution in [0, 0.1) is 0 Å². The van der Waals surface area contributed by atoms with Gasteiger partial charge in [-0.05, 0) is 61.7 Å². The van der Waals surface area contributed by atoms with Gasteiger partial charge in [-0.2, -0.15) is 0 Å². The molecule has 0 saturated heterocycles. The zero-order valence-electron chi connectivity index (χ0n) is 13.9. The van der Waals surface area contributed by atoms with Crippen molar-refractivity contribution < 1.29 is 14.2 Å². The molecule has 0 unspecified atom stereocenters. The lowest BCUT2D eigenvalue weighted by atomic mass is 10.1. The minimum atomic E-state index is 0.472. The number of nitrogens with two attached hydrogens (primary N) is 1. The Morgan fingerprint density at radius 1 is 0.957 bits per heavy atom. The summed E-state index contributed by atoms with van der Waals surface area (Å²) in [5.74, 6) is 2.37. The number of rotatable bonds is 9. The normalized spacial score (nSPS) is 10.4. The van der Waals surface area contributed by atoms with Crippen LogP contribution in [0.4, 0.5) is 0 Å². The van der Waals surface area contributed by atoms with Gasteiger partial charge in [0.2, 0.25) is 0 Å². The van der Waals surface area contributed by atoms with Crippen LogP contribution in [0.25, 0.3) is 0 Å². The standard InChI is InChI=1S/C19H25NO3/c1-3-22-19-13-15(7-5-11-20)9-10-18(19)23-14-16-6-4-8-17(12-16)21-2/h4,6,8-10,12-13H,3,5,7,11,14,20H2,1-2H3. The lowest BCUT2D eigenvalue weighted by Crippen LogP contribution is -2.02. The van der Waals surface area contributed by atoms with Crippen molar-refractivity contribution in [2.45, 2.75) is 26.4 Å². The third-order valence-corrected chi connectivity index (χ3v) is 3.51. The summed E-state index contributed by atoms with van der Waals surface area (Å²) in [6, 6.07) is 13.9. The second kappa shape index (κ2) is 9.06. The molecule has 2 N–H and O–H groups in total. The molecule has 0 aliphatic rings. The Hall–Kier alpha value is -2.20. The molecule has 23 heavy (non-hydrogen) atoms. The van der Waals surface area contributed by atoms with E-state index < -0.39 is 0 Å². The van der Waals surface area contributed by atoms with Crippen LogP contribution in [0.3, 0.4) is 0 Å². The van der Waals surface area contributed by atoms with Gasteiger partial charge in [0.1, 0.15) is 12.4 Å². The number of ether oxygens (including phenoxy) is 3. The molecule has 0 aliphatic carbocycles. The molecule has 2 rings (SSSR count). The summed E-state index contributed by atoms with van der Waals surface area (Å²) in [6.45, 7) is 3.74. The number of aryl methyl sites for hydroxylation is 1. The maximum absolute atomic E-state index is 5.93. The number of hydrogen-bond acceptors (Lipinski definition) is 4. The number of methoxy groups -OCH3 is 1. The van der Waals surface area contributed by atoms with E-state index in [4.69, 9.17) is 19.9 Å². The lowest BCUT2D eigenvalue weighted by Gasteiger charge is -2.14. The zero-order valence-corrected chi connectivity index (χ0v) is 13.9. The molecule has 0 atom stereocenters. The van der Waals surface area contributed by atoms with Gasteiger partial charge in [-0.25, -0.2) is 0 Å². The van der Waals surface area contributed by atoms with Crippen LogP contribution < -0.4 is 19.9 Å². The van der Waals surface area contributed by atoms with Crippen molar-refractivity contribution in [2.24, 2.45) is 5.73 Å². The van der Waals surface area contributed by atoms with Gasteiger partial charge in [-0.1, -0.05) is 18.2 Å². The Morgan fingerprint density at radius 2 is 1.83 bits per heavy atom. The first-order chi connectivity index (χ1) is 11.3. The molecule has 0 radical (unpaired) electrons. The van der Waals surface area contributed by atoms with E-state index in [1.54, 1.807) is 7.11 Å². The third-order valence-electron chi connectivity index (χ3n) is 3.51. The van der Waals surface area contributed by atoms with Crippen LogP contribution in [-0.2, 0) is 13.0 Å². The Kier molecular flexibility index (Phi) is 6.76. The fourth-order valence-corrected chi connectivity index (χ4v) is 2.33. The quantitative estimate of drug-likeness (QED) is 0.768. The Labute approximate surface area is 138 Å². The van der Waals surface area contributed by atoms with Crippen molar-refractivity contribution in [3.63, 3.8) is 0 Å². The van der Waals surface area contributed by atoms with Gasteiger partial charge in [0.15, 0.2) is 11.5 Å². The monoisotopic (exact) mass is 315 g/mol. The van der Waals surface area contributed by atoms with E-state index >= 15 is 0 Å². The molecule has 0 fully saturated rings. The third kappa shape index (κ3) is 5.18. The topological polar surface area (TPSA) is 53.7 Å². The van der Waals surface area contributed by atoms with Gasteiger partial charge >= 0.3 is 0 Å². The summed E-state index contributed by atoms with van der Waals surface area (Å²) in [6.07, 6.45) is 1.92. The van der Waals surface area contributed by atoms with E-state index in [0.717, 1.165) is 35.7 Å². The van der Waals surface area contributed by atoms with Gasteiger partial charge in [0.05, 0.1) is 13.7 Å². The van der Waals surface area contributed by atoms with E-state index in [2.05, 4.69) is 6.07 Å². The van der Waals surface area contributed by atoms with Crippen LogP contribution in [0.1, 0.15) is 24.5 Å². The van der Waals surface area contributed by atoms with Crippen molar-refractivity contribution in [1.29, 1.82) is 0 Å². The molecule has 124 valence electrons. The summed E-state index contributed by atoms with van der Waals surface area (Å²) in [5, 5.41) is 0. The molecular weight excluding hydrogens is 290 g/mol. The van der Waals surface area contributed by atoms with Gasteiger partial charge in [-0.3, -0.25) is 0 Å². The Bertz CT molecular complexity index is 613. The highest BCUT2D eigenvalue weighted by atomic mass is 16.5. The zero-order chi connectivity index (χ0) is 16.5. The maximum Gasteiger partial charge on any atom is 0.161 e. The molecule has 0 aromatic heterocycles. The summed E-state index contributed by atoms with van der Waals surface area (Å²) >= 11 is 0. The van der Waals surface area contributed by atoms with Crippen molar-refractivity contribution in [3.8, 4) is 17.2 Å². The second-order valence-electron chi connectivity index (χ2n) is 5.25. The summed E-state index contributed by atoms with van der Waals surface area (Å²) in [5.41, 5.74) is 7.84. The molecule has 4 nitrogen and oxygen atoms in total. The lowest BCUT2D eigenvalue weighted by molar-refractivity contribution is 0.268. The molecule has 0 heterocycles. The van der Waals surface area contributed by atoms with Crippen molar-refractivity contribution >= 4 is 0 Å². The summed E-state index contributed by atoms with van der Waals surface area (Å²) < 4.78 is 16.9. The van der Waals surface area contributed by atoms with Crippen LogP contribution in [0.15, 0.2) is 42.5 Å². The summed E-state index contributed by atoms with van der Waals surface area (Å²) in [7, 11) is 1.66. The van der Waals surface area contributed by atoms with E-state index in [1.807, 2.05) is 43.3 Å². The van der Waals surface area contributed by atoms with Crippen molar-refractivity contribution in [2.75, 3.05) is 20.3 Å². The molecule has 2 aromatic rings. The fourth-order valence-electron chi connectivity index (χ4n) is 2.33. The predicted octanol–water partition coefficient (Wildman–Crippen LogP) is 3.56. The van der Waals surface area contributed by atoms with E-state index in [-0.39, 0.29) is 0 Å². The number of hydrogen-bond donors (Lipinski definition) is 1. The molecule has 0 bridgehead atoms. The van der Waals surface area contributed by atoms with Crippen molar-refractivity contribution in [1.82, 2.24) is 0 Å². The smallest absolute Gasteiger partial charge is 0.161 e. The van der Waals surface area contributed by atoms with Gasteiger partial charge in [0.25, 0.3) is 0 Å². The highest BCUT2D eigenvalue weighted by Gasteiger charge is 2.07. The van der Waals surface area contributed by atoms with E-state index in [9.17, 15) is 0 Å². The Morgan fingerprint density at radius 3 is 2.57 bits per heavy atom. The molecule has 0 spiro atoms. The highest BCUT2D eigenvalue weighted by Crippen LogP contribution is 2.30. The number of benzene rings is 2. The largest absolute Gasteiger partial charge is 0.497 e. The molecule has 2 aromatic carbocycles. The average Bonchev–Trinajstić information content (AvgIpc) is 2.59. The first-order valence-electron chi connectivity index (χ1n) is 7.98. The molecular formula is C19H25NO3. The predicted molar refractivity (Wildman–Crippen MR) is 92.3 cm³/mol. The molecule has 0 saturated carbocycles. The van der Waals surface area contributed by atoms with E-state index in [1.165, 1.54) is 5.56 Å². The van der Waals surface area contributed by atoms with Gasteiger partial charge in [0, 0.05) is 0 Å². The van der Waals surface area contributed by atoms with Crippen LogP contribution in [0.5, 0.6) is 17.2 Å². The molecule has 4 heteroatoms. The molecule has 0 aliphatic heterocycles. The van der Waals surface area contributed by atoms with Gasteiger partial charge in [-0.15, -0.1) is 0 Å². The first-order valence-corrected chi connectivity index (χ1v) is 7.98. The van der Waals surface area contributed by atoms with Gasteiger partial charge < -0.3 is 19.9 Å². The Balaban J connectivity index is 2.08. The van der Waals surface area contributed by atoms with Crippen LogP contribution in [0.2, 0.25) is 0 Å². The second-order valence-corrected chi connectivity index (χ2v) is 5.25. The van der Waals surface area contributed by atoms with Crippen LogP contribution in [-0.4, -0.2) is 20.3 Å². The minimum absolute atomic E-state index is 0.472. The fraction of sp³-hybridized carbons (Fsp3) is 0.368. The first kappa shape index (κ1) is 17.2. The maximum atomic E-state index is 5.93. The minimum Gasteiger partial charge on any atom is -0.497 e. The summed E-state index contributed by atoms with van der Waals surface area (Å²) in [4.78, 5) is 0.